The second-order valence-corrected chi connectivity index (χ2v) is 9.73. The van der Waals surface area contributed by atoms with Crippen LogP contribution in [0.1, 0.15) is 78.2 Å². The number of nitrogens with zero attached hydrogens (tertiary/aromatic N) is 2. The molecular formula is C22H39N2O3P. The Hall–Kier alpha value is -1.00. The lowest BCUT2D eigenvalue weighted by Gasteiger charge is -2.45. The van der Waals surface area contributed by atoms with Gasteiger partial charge in [0.25, 0.3) is 0 Å². The van der Waals surface area contributed by atoms with Gasteiger partial charge < -0.3 is 9.26 Å². The molecular weight excluding hydrogens is 371 g/mol. The number of carbonyl (C=O) groups is 1. The second kappa shape index (κ2) is 11.9. The quantitative estimate of drug-likeness (QED) is 0.338. The van der Waals surface area contributed by atoms with Gasteiger partial charge in [0.1, 0.15) is 0 Å². The number of carbonyl (C=O) groups excluding carboxylic acids is 1. The normalized spacial score (nSPS) is 12.4. The first-order valence-electron chi connectivity index (χ1n) is 10.4. The molecule has 1 aromatic rings. The Kier molecular flexibility index (Phi) is 10.6. The molecule has 0 amide bonds. The first kappa shape index (κ1) is 25.0. The van der Waals surface area contributed by atoms with E-state index in [-0.39, 0.29) is 5.97 Å². The SMILES string of the molecule is CCOC(=O)c1ccccc1COP(N(C(C)C)C(C)C)N(C(C)C)C(C)C. The molecule has 1 aromatic carbocycles. The average Bonchev–Trinajstić information content (AvgIpc) is 2.58. The monoisotopic (exact) mass is 410 g/mol. The summed E-state index contributed by atoms with van der Waals surface area (Å²) in [4.78, 5) is 12.3. The van der Waals surface area contributed by atoms with Gasteiger partial charge in [-0.15, -0.1) is 0 Å². The predicted octanol–water partition coefficient (Wildman–Crippen LogP) is 5.84. The summed E-state index contributed by atoms with van der Waals surface area (Å²) in [6.07, 6.45) is 0. The van der Waals surface area contributed by atoms with Gasteiger partial charge in [-0.2, -0.15) is 0 Å². The molecule has 0 unspecified atom stereocenters. The van der Waals surface area contributed by atoms with Crippen LogP contribution in [0.3, 0.4) is 0 Å². The Morgan fingerprint density at radius 2 is 1.36 bits per heavy atom. The van der Waals surface area contributed by atoms with Crippen LogP contribution in [0.2, 0.25) is 0 Å². The van der Waals surface area contributed by atoms with Crippen molar-refractivity contribution in [3.63, 3.8) is 0 Å². The highest BCUT2D eigenvalue weighted by Gasteiger charge is 2.34. The lowest BCUT2D eigenvalue weighted by molar-refractivity contribution is 0.0522. The van der Waals surface area contributed by atoms with Crippen molar-refractivity contribution in [1.82, 2.24) is 9.34 Å². The Morgan fingerprint density at radius 3 is 1.79 bits per heavy atom. The minimum atomic E-state index is -0.994. The minimum Gasteiger partial charge on any atom is -0.462 e. The van der Waals surface area contributed by atoms with Crippen molar-refractivity contribution in [2.45, 2.75) is 93.1 Å². The van der Waals surface area contributed by atoms with E-state index in [1.165, 1.54) is 0 Å². The van der Waals surface area contributed by atoms with Crippen LogP contribution in [0.5, 0.6) is 0 Å². The summed E-state index contributed by atoms with van der Waals surface area (Å²) in [5.41, 5.74) is 1.45. The van der Waals surface area contributed by atoms with Gasteiger partial charge >= 0.3 is 5.97 Å². The smallest absolute Gasteiger partial charge is 0.338 e. The molecule has 0 N–H and O–H groups in total. The molecule has 0 aliphatic rings. The first-order chi connectivity index (χ1) is 13.1. The van der Waals surface area contributed by atoms with E-state index in [0.29, 0.717) is 42.9 Å². The molecule has 0 fully saturated rings. The van der Waals surface area contributed by atoms with E-state index in [0.717, 1.165) is 5.56 Å². The van der Waals surface area contributed by atoms with E-state index >= 15 is 0 Å². The second-order valence-electron chi connectivity index (χ2n) is 8.04. The maximum atomic E-state index is 12.3. The standard InChI is InChI=1S/C22H39N2O3P/c1-10-26-22(25)21-14-12-11-13-20(21)15-27-28(23(16(2)3)17(4)5)24(18(6)7)19(8)9/h11-14,16-19H,10,15H2,1-9H3. The van der Waals surface area contributed by atoms with Gasteiger partial charge in [0.15, 0.2) is 8.45 Å². The lowest BCUT2D eigenvalue weighted by atomic mass is 10.1. The zero-order valence-electron chi connectivity index (χ0n) is 19.1. The molecule has 0 aliphatic carbocycles. The van der Waals surface area contributed by atoms with Crippen molar-refractivity contribution in [1.29, 1.82) is 0 Å². The molecule has 0 aliphatic heterocycles. The topological polar surface area (TPSA) is 42.0 Å². The van der Waals surface area contributed by atoms with Crippen LogP contribution in [-0.2, 0) is 15.9 Å². The van der Waals surface area contributed by atoms with E-state index in [1.807, 2.05) is 31.2 Å². The van der Waals surface area contributed by atoms with Crippen LogP contribution in [-0.4, -0.2) is 46.1 Å². The number of benzene rings is 1. The van der Waals surface area contributed by atoms with Crippen molar-refractivity contribution in [2.24, 2.45) is 0 Å². The highest BCUT2D eigenvalue weighted by atomic mass is 31.2. The Morgan fingerprint density at radius 1 is 0.893 bits per heavy atom. The third-order valence-electron chi connectivity index (χ3n) is 4.36. The zero-order valence-corrected chi connectivity index (χ0v) is 20.0. The highest BCUT2D eigenvalue weighted by Crippen LogP contribution is 2.51. The summed E-state index contributed by atoms with van der Waals surface area (Å²) >= 11 is 0. The van der Waals surface area contributed by atoms with Gasteiger partial charge in [-0.3, -0.25) is 0 Å². The number of ether oxygens (including phenoxy) is 1. The van der Waals surface area contributed by atoms with Crippen LogP contribution in [0.15, 0.2) is 24.3 Å². The van der Waals surface area contributed by atoms with E-state index < -0.39 is 8.45 Å². The Bertz CT molecular complexity index is 569. The summed E-state index contributed by atoms with van der Waals surface area (Å²) in [6, 6.07) is 8.97. The maximum absolute atomic E-state index is 12.3. The highest BCUT2D eigenvalue weighted by molar-refractivity contribution is 7.47. The summed E-state index contributed by atoms with van der Waals surface area (Å²) in [5, 5.41) is 0. The molecule has 160 valence electrons. The third-order valence-corrected chi connectivity index (χ3v) is 7.36. The molecule has 0 aromatic heterocycles. The largest absolute Gasteiger partial charge is 0.462 e. The Labute approximate surface area is 173 Å². The molecule has 1 rings (SSSR count). The van der Waals surface area contributed by atoms with Crippen LogP contribution in [0.4, 0.5) is 0 Å². The molecule has 0 atom stereocenters. The fourth-order valence-electron chi connectivity index (χ4n) is 3.42. The zero-order chi connectivity index (χ0) is 21.4. The van der Waals surface area contributed by atoms with Crippen molar-refractivity contribution in [3.05, 3.63) is 35.4 Å². The lowest BCUT2D eigenvalue weighted by Crippen LogP contribution is -2.43. The van der Waals surface area contributed by atoms with Gasteiger partial charge in [-0.1, -0.05) is 18.2 Å². The fraction of sp³-hybridized carbons (Fsp3) is 0.682. The Balaban J connectivity index is 3.20. The van der Waals surface area contributed by atoms with Crippen LogP contribution < -0.4 is 0 Å². The van der Waals surface area contributed by atoms with Crippen molar-refractivity contribution < 1.29 is 14.1 Å². The molecule has 0 heterocycles. The third kappa shape index (κ3) is 6.81. The first-order valence-corrected chi connectivity index (χ1v) is 11.5. The minimum absolute atomic E-state index is 0.292. The molecule has 5 nitrogen and oxygen atoms in total. The maximum Gasteiger partial charge on any atom is 0.338 e. The van der Waals surface area contributed by atoms with Gasteiger partial charge in [0.05, 0.1) is 18.8 Å². The molecule has 0 radical (unpaired) electrons. The van der Waals surface area contributed by atoms with E-state index in [2.05, 4.69) is 64.7 Å². The molecule has 0 spiro atoms. The van der Waals surface area contributed by atoms with Crippen LogP contribution in [0.25, 0.3) is 0 Å². The number of hydrogen-bond acceptors (Lipinski definition) is 5. The van der Waals surface area contributed by atoms with Crippen LogP contribution >= 0.6 is 8.45 Å². The molecule has 6 heteroatoms. The fourth-order valence-corrected chi connectivity index (χ4v) is 5.76. The number of hydrogen-bond donors (Lipinski definition) is 0. The van der Waals surface area contributed by atoms with Crippen molar-refractivity contribution in [3.8, 4) is 0 Å². The van der Waals surface area contributed by atoms with Gasteiger partial charge in [0, 0.05) is 24.2 Å². The molecule has 28 heavy (non-hydrogen) atoms. The molecule has 0 saturated heterocycles. The van der Waals surface area contributed by atoms with E-state index in [4.69, 9.17) is 9.26 Å². The van der Waals surface area contributed by atoms with Crippen LogP contribution in [0, 0.1) is 0 Å². The van der Waals surface area contributed by atoms with Gasteiger partial charge in [0.2, 0.25) is 0 Å². The molecule has 0 saturated carbocycles. The summed E-state index contributed by atoms with van der Waals surface area (Å²) < 4.78 is 16.7. The number of rotatable bonds is 11. The van der Waals surface area contributed by atoms with Gasteiger partial charge in [-0.25, -0.2) is 14.1 Å². The molecule has 0 bridgehead atoms. The summed E-state index contributed by atoms with van der Waals surface area (Å²) in [6.45, 7) is 20.3. The van der Waals surface area contributed by atoms with E-state index in [9.17, 15) is 4.79 Å². The predicted molar refractivity (Wildman–Crippen MR) is 118 cm³/mol. The summed E-state index contributed by atoms with van der Waals surface area (Å²) in [5.74, 6) is -0.292. The van der Waals surface area contributed by atoms with Crippen molar-refractivity contribution in [2.75, 3.05) is 6.61 Å². The average molecular weight is 411 g/mol. The van der Waals surface area contributed by atoms with E-state index in [1.54, 1.807) is 0 Å². The van der Waals surface area contributed by atoms with Crippen molar-refractivity contribution >= 4 is 14.4 Å². The number of esters is 1. The summed E-state index contributed by atoms with van der Waals surface area (Å²) in [7, 11) is -0.994. The van der Waals surface area contributed by atoms with Gasteiger partial charge in [-0.05, 0) is 73.9 Å².